The molecule has 4 nitrogen and oxygen atoms in total. The molecular formula is C14H19F3N2O2. The van der Waals surface area contributed by atoms with E-state index in [4.69, 9.17) is 5.73 Å². The van der Waals surface area contributed by atoms with Crippen molar-refractivity contribution in [3.05, 3.63) is 29.8 Å². The highest BCUT2D eigenvalue weighted by Gasteiger charge is 2.31. The molecule has 2 N–H and O–H groups in total. The molecule has 1 aromatic rings. The number of carbonyl (C=O) groups excluding carboxylic acids is 1. The van der Waals surface area contributed by atoms with E-state index in [9.17, 15) is 18.0 Å². The molecule has 21 heavy (non-hydrogen) atoms. The molecule has 0 saturated carbocycles. The van der Waals surface area contributed by atoms with Crippen molar-refractivity contribution >= 4 is 5.91 Å². The monoisotopic (exact) mass is 304 g/mol. The van der Waals surface area contributed by atoms with Gasteiger partial charge in [0.15, 0.2) is 0 Å². The van der Waals surface area contributed by atoms with Crippen LogP contribution < -0.4 is 10.5 Å². The van der Waals surface area contributed by atoms with Gasteiger partial charge >= 0.3 is 6.36 Å². The van der Waals surface area contributed by atoms with Crippen LogP contribution in [0.15, 0.2) is 24.3 Å². The van der Waals surface area contributed by atoms with E-state index >= 15 is 0 Å². The van der Waals surface area contributed by atoms with Crippen LogP contribution in [0.3, 0.4) is 0 Å². The quantitative estimate of drug-likeness (QED) is 0.879. The first-order valence-electron chi connectivity index (χ1n) is 6.58. The minimum Gasteiger partial charge on any atom is -0.406 e. The first-order chi connectivity index (χ1) is 9.73. The van der Waals surface area contributed by atoms with Crippen LogP contribution in [-0.4, -0.2) is 30.3 Å². The maximum Gasteiger partial charge on any atom is 0.573 e. The second-order valence-electron chi connectivity index (χ2n) is 4.78. The lowest BCUT2D eigenvalue weighted by molar-refractivity contribution is -0.274. The summed E-state index contributed by atoms with van der Waals surface area (Å²) in [4.78, 5) is 13.4. The van der Waals surface area contributed by atoms with Crippen LogP contribution in [0.1, 0.15) is 25.3 Å². The van der Waals surface area contributed by atoms with E-state index < -0.39 is 12.4 Å². The van der Waals surface area contributed by atoms with Crippen LogP contribution in [0.4, 0.5) is 13.2 Å². The zero-order chi connectivity index (χ0) is 16.0. The van der Waals surface area contributed by atoms with Gasteiger partial charge in [0.1, 0.15) is 5.75 Å². The Morgan fingerprint density at radius 3 is 2.38 bits per heavy atom. The molecule has 1 unspecified atom stereocenters. The van der Waals surface area contributed by atoms with Crippen LogP contribution in [0, 0.1) is 0 Å². The minimum atomic E-state index is -4.71. The van der Waals surface area contributed by atoms with Crippen molar-refractivity contribution in [1.29, 1.82) is 0 Å². The van der Waals surface area contributed by atoms with E-state index in [0.29, 0.717) is 12.0 Å². The number of carbonyl (C=O) groups is 1. The number of rotatable bonds is 6. The van der Waals surface area contributed by atoms with Crippen molar-refractivity contribution in [2.45, 2.75) is 38.7 Å². The molecule has 0 aliphatic heterocycles. The molecule has 1 atom stereocenters. The standard InChI is InChI=1S/C14H19F3N2O2/c1-3-4-12(18)13(20)19(2)9-10-5-7-11(8-6-10)21-14(15,16)17/h5-8,12H,3-4,9,18H2,1-2H3. The SMILES string of the molecule is CCCC(N)C(=O)N(C)Cc1ccc(OC(F)(F)F)cc1. The predicted octanol–water partition coefficient (Wildman–Crippen LogP) is 2.67. The summed E-state index contributed by atoms with van der Waals surface area (Å²) in [6, 6.07) is 4.85. The summed E-state index contributed by atoms with van der Waals surface area (Å²) in [6.45, 7) is 2.22. The second kappa shape index (κ2) is 7.31. The van der Waals surface area contributed by atoms with E-state index in [1.807, 2.05) is 6.92 Å². The largest absolute Gasteiger partial charge is 0.573 e. The molecule has 0 fully saturated rings. The number of amides is 1. The van der Waals surface area contributed by atoms with Gasteiger partial charge in [-0.15, -0.1) is 13.2 Å². The molecular weight excluding hydrogens is 285 g/mol. The summed E-state index contributed by atoms with van der Waals surface area (Å²) in [6.07, 6.45) is -3.30. The number of hydrogen-bond acceptors (Lipinski definition) is 3. The van der Waals surface area contributed by atoms with Gasteiger partial charge in [-0.2, -0.15) is 0 Å². The molecule has 118 valence electrons. The number of alkyl halides is 3. The van der Waals surface area contributed by atoms with E-state index in [2.05, 4.69) is 4.74 Å². The van der Waals surface area contributed by atoms with Gasteiger partial charge < -0.3 is 15.4 Å². The molecule has 1 rings (SSSR count). The highest BCUT2D eigenvalue weighted by molar-refractivity contribution is 5.81. The maximum atomic E-state index is 12.0. The Labute approximate surface area is 121 Å². The highest BCUT2D eigenvalue weighted by atomic mass is 19.4. The Balaban J connectivity index is 2.61. The summed E-state index contributed by atoms with van der Waals surface area (Å²) in [7, 11) is 1.61. The van der Waals surface area contributed by atoms with E-state index in [-0.39, 0.29) is 18.2 Å². The smallest absolute Gasteiger partial charge is 0.406 e. The average Bonchev–Trinajstić information content (AvgIpc) is 2.38. The third-order valence-electron chi connectivity index (χ3n) is 2.87. The molecule has 0 radical (unpaired) electrons. The second-order valence-corrected chi connectivity index (χ2v) is 4.78. The van der Waals surface area contributed by atoms with E-state index in [0.717, 1.165) is 6.42 Å². The lowest BCUT2D eigenvalue weighted by Crippen LogP contribution is -2.41. The molecule has 0 heterocycles. The van der Waals surface area contributed by atoms with Crippen molar-refractivity contribution < 1.29 is 22.7 Å². The highest BCUT2D eigenvalue weighted by Crippen LogP contribution is 2.23. The Hall–Kier alpha value is -1.76. The fraction of sp³-hybridized carbons (Fsp3) is 0.500. The zero-order valence-corrected chi connectivity index (χ0v) is 12.0. The van der Waals surface area contributed by atoms with Gasteiger partial charge in [-0.3, -0.25) is 4.79 Å². The van der Waals surface area contributed by atoms with Gasteiger partial charge in [-0.25, -0.2) is 0 Å². The Bertz CT molecular complexity index is 460. The fourth-order valence-corrected chi connectivity index (χ4v) is 1.87. The lowest BCUT2D eigenvalue weighted by atomic mass is 10.1. The Kier molecular flexibility index (Phi) is 6.02. The number of nitrogens with zero attached hydrogens (tertiary/aromatic N) is 1. The molecule has 0 bridgehead atoms. The number of nitrogens with two attached hydrogens (primary N) is 1. The first kappa shape index (κ1) is 17.3. The molecule has 0 saturated heterocycles. The predicted molar refractivity (Wildman–Crippen MR) is 72.5 cm³/mol. The van der Waals surface area contributed by atoms with Crippen LogP contribution in [-0.2, 0) is 11.3 Å². The average molecular weight is 304 g/mol. The van der Waals surface area contributed by atoms with Crippen molar-refractivity contribution in [2.24, 2.45) is 5.73 Å². The van der Waals surface area contributed by atoms with Gasteiger partial charge in [0.05, 0.1) is 6.04 Å². The normalized spacial score (nSPS) is 12.9. The number of hydrogen-bond donors (Lipinski definition) is 1. The lowest BCUT2D eigenvalue weighted by Gasteiger charge is -2.21. The van der Waals surface area contributed by atoms with Gasteiger partial charge in [0, 0.05) is 13.6 Å². The topological polar surface area (TPSA) is 55.6 Å². The third kappa shape index (κ3) is 6.03. The Morgan fingerprint density at radius 2 is 1.90 bits per heavy atom. The molecule has 0 spiro atoms. The molecule has 0 aromatic heterocycles. The van der Waals surface area contributed by atoms with Crippen molar-refractivity contribution in [1.82, 2.24) is 4.90 Å². The van der Waals surface area contributed by atoms with Gasteiger partial charge in [0.2, 0.25) is 5.91 Å². The summed E-state index contributed by atoms with van der Waals surface area (Å²) >= 11 is 0. The molecule has 7 heteroatoms. The molecule has 0 aliphatic rings. The summed E-state index contributed by atoms with van der Waals surface area (Å²) in [5.74, 6) is -0.476. The number of likely N-dealkylation sites (N-methyl/N-ethyl adjacent to an activating group) is 1. The third-order valence-corrected chi connectivity index (χ3v) is 2.87. The number of benzene rings is 1. The number of ether oxygens (including phenoxy) is 1. The van der Waals surface area contributed by atoms with Crippen molar-refractivity contribution in [3.63, 3.8) is 0 Å². The van der Waals surface area contributed by atoms with Crippen molar-refractivity contribution in [3.8, 4) is 5.75 Å². The van der Waals surface area contributed by atoms with Crippen molar-refractivity contribution in [2.75, 3.05) is 7.05 Å². The Morgan fingerprint density at radius 1 is 1.33 bits per heavy atom. The number of halogens is 3. The van der Waals surface area contributed by atoms with Gasteiger partial charge in [-0.05, 0) is 24.1 Å². The fourth-order valence-electron chi connectivity index (χ4n) is 1.87. The zero-order valence-electron chi connectivity index (χ0n) is 12.0. The summed E-state index contributed by atoms with van der Waals surface area (Å²) in [5, 5.41) is 0. The van der Waals surface area contributed by atoms with E-state index in [1.165, 1.54) is 29.2 Å². The minimum absolute atomic E-state index is 0.188. The first-order valence-corrected chi connectivity index (χ1v) is 6.58. The van der Waals surface area contributed by atoms with Crippen LogP contribution in [0.25, 0.3) is 0 Å². The van der Waals surface area contributed by atoms with Gasteiger partial charge in [-0.1, -0.05) is 25.5 Å². The van der Waals surface area contributed by atoms with Crippen LogP contribution in [0.2, 0.25) is 0 Å². The van der Waals surface area contributed by atoms with Crippen LogP contribution in [0.5, 0.6) is 5.75 Å². The summed E-state index contributed by atoms with van der Waals surface area (Å²) in [5.41, 5.74) is 6.44. The molecule has 1 aromatic carbocycles. The molecule has 1 amide bonds. The molecule has 0 aliphatic carbocycles. The van der Waals surface area contributed by atoms with Gasteiger partial charge in [0.25, 0.3) is 0 Å². The van der Waals surface area contributed by atoms with Crippen LogP contribution >= 0.6 is 0 Å². The summed E-state index contributed by atoms with van der Waals surface area (Å²) < 4.78 is 39.9. The maximum absolute atomic E-state index is 12.0. The van der Waals surface area contributed by atoms with E-state index in [1.54, 1.807) is 7.05 Å².